The SMILES string of the molecule is Cc1ccc(N=C2C(=O)N(C[NH+]3CCc4ccccc4C3)c3ccccc32)cc1. The van der Waals surface area contributed by atoms with Crippen molar-refractivity contribution in [2.24, 2.45) is 4.99 Å². The van der Waals surface area contributed by atoms with Gasteiger partial charge in [-0.25, -0.2) is 4.99 Å². The first kappa shape index (κ1) is 17.8. The van der Waals surface area contributed by atoms with Gasteiger partial charge in [0, 0.05) is 17.5 Å². The smallest absolute Gasteiger partial charge is 0.281 e. The summed E-state index contributed by atoms with van der Waals surface area (Å²) < 4.78 is 0. The molecule has 0 bridgehead atoms. The standard InChI is InChI=1S/C25H23N3O/c1-18-10-12-21(13-11-18)26-24-22-8-4-5-9-23(22)28(25(24)29)17-27-15-14-19-6-2-3-7-20(19)16-27/h2-13H,14-17H2,1H3/p+1. The van der Waals surface area contributed by atoms with Crippen molar-refractivity contribution in [3.05, 3.63) is 95.1 Å². The fraction of sp³-hybridized carbons (Fsp3) is 0.200. The monoisotopic (exact) mass is 382 g/mol. The molecule has 0 fully saturated rings. The lowest BCUT2D eigenvalue weighted by Gasteiger charge is -2.29. The van der Waals surface area contributed by atoms with Gasteiger partial charge in [0.25, 0.3) is 5.91 Å². The molecule has 29 heavy (non-hydrogen) atoms. The zero-order valence-electron chi connectivity index (χ0n) is 16.6. The number of anilines is 1. The lowest BCUT2D eigenvalue weighted by molar-refractivity contribution is -0.914. The number of quaternary nitrogens is 1. The molecule has 4 nitrogen and oxygen atoms in total. The van der Waals surface area contributed by atoms with E-state index < -0.39 is 0 Å². The molecule has 3 aromatic carbocycles. The highest BCUT2D eigenvalue weighted by molar-refractivity contribution is 6.54. The van der Waals surface area contributed by atoms with Crippen LogP contribution in [-0.4, -0.2) is 24.8 Å². The van der Waals surface area contributed by atoms with Crippen molar-refractivity contribution in [3.8, 4) is 0 Å². The van der Waals surface area contributed by atoms with Gasteiger partial charge in [-0.3, -0.25) is 9.69 Å². The van der Waals surface area contributed by atoms with Gasteiger partial charge in [-0.15, -0.1) is 0 Å². The molecule has 3 aromatic rings. The quantitative estimate of drug-likeness (QED) is 0.743. The Morgan fingerprint density at radius 2 is 1.66 bits per heavy atom. The van der Waals surface area contributed by atoms with Gasteiger partial charge in [0.05, 0.1) is 17.9 Å². The summed E-state index contributed by atoms with van der Waals surface area (Å²) in [5.74, 6) is -0.00173. The van der Waals surface area contributed by atoms with E-state index in [1.165, 1.54) is 21.6 Å². The van der Waals surface area contributed by atoms with Gasteiger partial charge >= 0.3 is 0 Å². The van der Waals surface area contributed by atoms with Crippen molar-refractivity contribution in [1.29, 1.82) is 0 Å². The number of fused-ring (bicyclic) bond motifs is 2. The van der Waals surface area contributed by atoms with E-state index in [1.54, 1.807) is 0 Å². The van der Waals surface area contributed by atoms with E-state index in [9.17, 15) is 4.79 Å². The molecule has 2 heterocycles. The molecule has 1 unspecified atom stereocenters. The second kappa shape index (κ2) is 7.30. The molecule has 0 aliphatic carbocycles. The van der Waals surface area contributed by atoms with Gasteiger partial charge in [-0.2, -0.15) is 0 Å². The molecule has 0 saturated carbocycles. The van der Waals surface area contributed by atoms with E-state index >= 15 is 0 Å². The number of aryl methyl sites for hydroxylation is 1. The molecule has 4 heteroatoms. The predicted octanol–water partition coefficient (Wildman–Crippen LogP) is 3.06. The Balaban J connectivity index is 1.44. The summed E-state index contributed by atoms with van der Waals surface area (Å²) in [4.78, 5) is 21.4. The molecular formula is C25H24N3O+. The lowest BCUT2D eigenvalue weighted by Crippen LogP contribution is -3.13. The summed E-state index contributed by atoms with van der Waals surface area (Å²) in [6.45, 7) is 4.70. The van der Waals surface area contributed by atoms with Crippen LogP contribution in [-0.2, 0) is 17.8 Å². The van der Waals surface area contributed by atoms with Crippen LogP contribution in [0.25, 0.3) is 0 Å². The number of carbonyl (C=O) groups is 1. The zero-order valence-corrected chi connectivity index (χ0v) is 16.6. The van der Waals surface area contributed by atoms with Gasteiger partial charge in [0.15, 0.2) is 6.67 Å². The maximum atomic E-state index is 13.3. The lowest BCUT2D eigenvalue weighted by atomic mass is 10.0. The maximum absolute atomic E-state index is 13.3. The second-order valence-corrected chi connectivity index (χ2v) is 7.90. The number of para-hydroxylation sites is 1. The van der Waals surface area contributed by atoms with Crippen LogP contribution >= 0.6 is 0 Å². The van der Waals surface area contributed by atoms with Crippen molar-refractivity contribution >= 4 is 23.0 Å². The van der Waals surface area contributed by atoms with E-state index in [2.05, 4.69) is 24.3 Å². The first-order valence-corrected chi connectivity index (χ1v) is 10.2. The Morgan fingerprint density at radius 3 is 2.48 bits per heavy atom. The van der Waals surface area contributed by atoms with E-state index in [-0.39, 0.29) is 5.91 Å². The van der Waals surface area contributed by atoms with Gasteiger partial charge in [-0.1, -0.05) is 60.2 Å². The first-order chi connectivity index (χ1) is 14.2. The number of nitrogens with zero attached hydrogens (tertiary/aromatic N) is 2. The molecule has 0 saturated heterocycles. The summed E-state index contributed by atoms with van der Waals surface area (Å²) >= 11 is 0. The molecule has 1 atom stereocenters. The number of rotatable bonds is 3. The van der Waals surface area contributed by atoms with E-state index in [4.69, 9.17) is 4.99 Å². The minimum Gasteiger partial charge on any atom is -0.313 e. The van der Waals surface area contributed by atoms with E-state index in [1.807, 2.05) is 60.4 Å². The average Bonchev–Trinajstić information content (AvgIpc) is 3.01. The Morgan fingerprint density at radius 1 is 0.931 bits per heavy atom. The molecule has 1 N–H and O–H groups in total. The van der Waals surface area contributed by atoms with Crippen molar-refractivity contribution in [2.45, 2.75) is 19.9 Å². The van der Waals surface area contributed by atoms with Crippen LogP contribution in [0.1, 0.15) is 22.3 Å². The Kier molecular flexibility index (Phi) is 4.49. The average molecular weight is 382 g/mol. The topological polar surface area (TPSA) is 37.1 Å². The first-order valence-electron chi connectivity index (χ1n) is 10.2. The van der Waals surface area contributed by atoms with Crippen molar-refractivity contribution in [3.63, 3.8) is 0 Å². The third kappa shape index (κ3) is 3.36. The van der Waals surface area contributed by atoms with Crippen molar-refractivity contribution < 1.29 is 9.69 Å². The number of hydrogen-bond donors (Lipinski definition) is 1. The third-order valence-corrected chi connectivity index (χ3v) is 5.86. The number of aliphatic imine (C=N–C) groups is 1. The molecule has 1 amide bonds. The number of benzene rings is 3. The van der Waals surface area contributed by atoms with Gasteiger partial charge in [0.2, 0.25) is 0 Å². The Hall–Kier alpha value is -3.24. The normalized spacial score (nSPS) is 19.3. The zero-order chi connectivity index (χ0) is 19.8. The molecule has 2 aliphatic heterocycles. The summed E-state index contributed by atoms with van der Waals surface area (Å²) in [6, 6.07) is 24.6. The molecular weight excluding hydrogens is 358 g/mol. The third-order valence-electron chi connectivity index (χ3n) is 5.86. The number of carbonyl (C=O) groups excluding carboxylic acids is 1. The molecule has 0 spiro atoms. The highest BCUT2D eigenvalue weighted by Gasteiger charge is 2.36. The largest absolute Gasteiger partial charge is 0.313 e. The van der Waals surface area contributed by atoms with Crippen LogP contribution in [0.4, 0.5) is 11.4 Å². The van der Waals surface area contributed by atoms with E-state index in [0.29, 0.717) is 12.4 Å². The summed E-state index contributed by atoms with van der Waals surface area (Å²) in [6.07, 6.45) is 1.06. The van der Waals surface area contributed by atoms with Crippen LogP contribution in [0, 0.1) is 6.92 Å². The predicted molar refractivity (Wildman–Crippen MR) is 116 cm³/mol. The van der Waals surface area contributed by atoms with Crippen LogP contribution in [0.3, 0.4) is 0 Å². The van der Waals surface area contributed by atoms with Crippen molar-refractivity contribution in [2.75, 3.05) is 18.1 Å². The van der Waals surface area contributed by atoms with Crippen molar-refractivity contribution in [1.82, 2.24) is 0 Å². The Bertz CT molecular complexity index is 1100. The van der Waals surface area contributed by atoms with Gasteiger partial charge in [0.1, 0.15) is 12.3 Å². The second-order valence-electron chi connectivity index (χ2n) is 7.90. The minimum absolute atomic E-state index is 0.00173. The molecule has 0 aromatic heterocycles. The molecule has 2 aliphatic rings. The molecule has 0 radical (unpaired) electrons. The van der Waals surface area contributed by atoms with Crippen LogP contribution < -0.4 is 9.80 Å². The van der Waals surface area contributed by atoms with Gasteiger partial charge < -0.3 is 4.90 Å². The molecule has 144 valence electrons. The minimum atomic E-state index is -0.00173. The fourth-order valence-electron chi connectivity index (χ4n) is 4.28. The van der Waals surface area contributed by atoms with Crippen LogP contribution in [0.5, 0.6) is 0 Å². The summed E-state index contributed by atoms with van der Waals surface area (Å²) in [7, 11) is 0. The Labute approximate surface area is 171 Å². The van der Waals surface area contributed by atoms with Gasteiger partial charge in [-0.05, 0) is 30.7 Å². The number of hydrogen-bond acceptors (Lipinski definition) is 2. The molecule has 5 rings (SSSR count). The van der Waals surface area contributed by atoms with Crippen LogP contribution in [0.15, 0.2) is 77.8 Å². The number of nitrogens with one attached hydrogen (secondary N) is 1. The highest BCUT2D eigenvalue weighted by atomic mass is 16.2. The highest BCUT2D eigenvalue weighted by Crippen LogP contribution is 2.30. The maximum Gasteiger partial charge on any atom is 0.281 e. The number of amides is 1. The van der Waals surface area contributed by atoms with E-state index in [0.717, 1.165) is 36.4 Å². The summed E-state index contributed by atoms with van der Waals surface area (Å²) in [5.41, 5.74) is 7.26. The van der Waals surface area contributed by atoms with Crippen LogP contribution in [0.2, 0.25) is 0 Å². The summed E-state index contributed by atoms with van der Waals surface area (Å²) in [5, 5.41) is 0. The fourth-order valence-corrected chi connectivity index (χ4v) is 4.28.